The third-order valence-corrected chi connectivity index (χ3v) is 0. The van der Waals surface area contributed by atoms with Crippen molar-refractivity contribution in [2.45, 2.75) is 6.92 Å². The fourth-order valence-corrected chi connectivity index (χ4v) is 0. The molecule has 0 unspecified atom stereocenters. The molecule has 0 fully saturated rings. The maximum atomic E-state index is 9.33. The standard InChI is InChI=1S/C3H5O.Li/c1-3(2)4;/h1H2,2H3;/q-1;+1. The van der Waals surface area contributed by atoms with Crippen LogP contribution in [0.4, 0.5) is 0 Å². The summed E-state index contributed by atoms with van der Waals surface area (Å²) in [6.45, 7) is 4.42. The molecule has 5 heavy (non-hydrogen) atoms. The first-order chi connectivity index (χ1) is 1.73. The van der Waals surface area contributed by atoms with E-state index in [1.165, 1.54) is 6.92 Å². The summed E-state index contributed by atoms with van der Waals surface area (Å²) >= 11 is 0. The van der Waals surface area contributed by atoms with Crippen LogP contribution in [0.2, 0.25) is 0 Å². The third-order valence-electron chi connectivity index (χ3n) is 0. The number of rotatable bonds is 0. The summed E-state index contributed by atoms with van der Waals surface area (Å²) in [5.74, 6) is -0.0833. The van der Waals surface area contributed by atoms with Crippen LogP contribution < -0.4 is 18.9 Å². The zero-order valence-electron chi connectivity index (χ0n) is 3.62. The van der Waals surface area contributed by atoms with Crippen molar-refractivity contribution in [2.24, 2.45) is 0 Å². The SMILES string of the molecule is [CH2-]C(C)=O.[Li+]. The number of ketones is 1. The van der Waals surface area contributed by atoms with Gasteiger partial charge in [-0.2, -0.15) is 0 Å². The zero-order chi connectivity index (χ0) is 3.58. The van der Waals surface area contributed by atoms with Gasteiger partial charge in [-0.3, -0.25) is 0 Å². The molecule has 0 aromatic carbocycles. The Kier molecular flexibility index (Phi) is 7.39. The Morgan fingerprint density at radius 3 is 1.80 bits per heavy atom. The minimum Gasteiger partial charge on any atom is -0.340 e. The summed E-state index contributed by atoms with van der Waals surface area (Å²) in [6.07, 6.45) is 0. The second-order valence-electron chi connectivity index (χ2n) is 0.702. The average molecular weight is 64.0 g/mol. The Morgan fingerprint density at radius 2 is 1.80 bits per heavy atom. The number of hydrogen-bond acceptors (Lipinski definition) is 1. The van der Waals surface area contributed by atoms with Crippen LogP contribution in [0.15, 0.2) is 0 Å². The van der Waals surface area contributed by atoms with Crippen molar-refractivity contribution in [1.82, 2.24) is 0 Å². The van der Waals surface area contributed by atoms with Crippen molar-refractivity contribution >= 4 is 5.78 Å². The maximum Gasteiger partial charge on any atom is 1.00 e. The molecule has 0 aliphatic rings. The summed E-state index contributed by atoms with van der Waals surface area (Å²) < 4.78 is 0. The van der Waals surface area contributed by atoms with Crippen molar-refractivity contribution in [3.8, 4) is 0 Å². The Morgan fingerprint density at radius 1 is 1.80 bits per heavy atom. The first-order valence-corrected chi connectivity index (χ1v) is 1.06. The maximum absolute atomic E-state index is 9.33. The molecule has 0 aromatic rings. The van der Waals surface area contributed by atoms with Gasteiger partial charge in [-0.15, -0.1) is 0 Å². The molecule has 0 bridgehead atoms. The van der Waals surface area contributed by atoms with Gasteiger partial charge in [0.1, 0.15) is 0 Å². The van der Waals surface area contributed by atoms with E-state index in [9.17, 15) is 4.79 Å². The van der Waals surface area contributed by atoms with Crippen molar-refractivity contribution in [2.75, 3.05) is 0 Å². The molecule has 0 heterocycles. The average Bonchev–Trinajstić information content (AvgIpc) is 0.811. The Hall–Kier alpha value is 0.137. The predicted octanol–water partition coefficient (Wildman–Crippen LogP) is -2.59. The van der Waals surface area contributed by atoms with Crippen LogP contribution in [-0.4, -0.2) is 5.78 Å². The topological polar surface area (TPSA) is 17.1 Å². The molecule has 0 rings (SSSR count). The van der Waals surface area contributed by atoms with Crippen LogP contribution in [0.25, 0.3) is 0 Å². The summed E-state index contributed by atoms with van der Waals surface area (Å²) in [4.78, 5) is 9.33. The van der Waals surface area contributed by atoms with E-state index in [2.05, 4.69) is 6.92 Å². The normalized spacial score (nSPS) is 5.00. The van der Waals surface area contributed by atoms with E-state index in [1.54, 1.807) is 0 Å². The van der Waals surface area contributed by atoms with E-state index in [0.717, 1.165) is 0 Å². The van der Waals surface area contributed by atoms with Gasteiger partial charge in [0, 0.05) is 0 Å². The largest absolute Gasteiger partial charge is 1.00 e. The number of hydrogen-bond donors (Lipinski definition) is 0. The van der Waals surface area contributed by atoms with Crippen LogP contribution >= 0.6 is 0 Å². The molecule has 0 saturated heterocycles. The predicted molar refractivity (Wildman–Crippen MR) is 16.0 cm³/mol. The van der Waals surface area contributed by atoms with Crippen LogP contribution in [-0.2, 0) is 4.79 Å². The van der Waals surface area contributed by atoms with Gasteiger partial charge < -0.3 is 11.7 Å². The minimum absolute atomic E-state index is 0. The summed E-state index contributed by atoms with van der Waals surface area (Å²) in [7, 11) is 0. The summed E-state index contributed by atoms with van der Waals surface area (Å²) in [5.41, 5.74) is 0. The van der Waals surface area contributed by atoms with Crippen LogP contribution in [0.5, 0.6) is 0 Å². The van der Waals surface area contributed by atoms with E-state index < -0.39 is 0 Å². The Bertz CT molecular complexity index is 29.9. The van der Waals surface area contributed by atoms with Gasteiger partial charge in [0.25, 0.3) is 0 Å². The molecule has 0 aromatic heterocycles. The number of carbonyl (C=O) groups is 1. The second kappa shape index (κ2) is 4.14. The van der Waals surface area contributed by atoms with Crippen LogP contribution in [0, 0.1) is 6.92 Å². The fourth-order valence-electron chi connectivity index (χ4n) is 0. The van der Waals surface area contributed by atoms with Gasteiger partial charge in [-0.05, 0) is 12.7 Å². The molecule has 1 nitrogen and oxygen atoms in total. The van der Waals surface area contributed by atoms with Crippen molar-refractivity contribution in [3.05, 3.63) is 6.92 Å². The zero-order valence-corrected chi connectivity index (χ0v) is 3.62. The molecular formula is C3H5LiO. The fraction of sp³-hybridized carbons (Fsp3) is 0.333. The van der Waals surface area contributed by atoms with E-state index in [1.807, 2.05) is 0 Å². The summed E-state index contributed by atoms with van der Waals surface area (Å²) in [5, 5.41) is 0. The van der Waals surface area contributed by atoms with E-state index >= 15 is 0 Å². The van der Waals surface area contributed by atoms with Gasteiger partial charge in [0.15, 0.2) is 0 Å². The van der Waals surface area contributed by atoms with Gasteiger partial charge in [-0.25, -0.2) is 0 Å². The second-order valence-corrected chi connectivity index (χ2v) is 0.702. The molecule has 0 aliphatic carbocycles. The van der Waals surface area contributed by atoms with Gasteiger partial charge >= 0.3 is 18.9 Å². The molecule has 2 heteroatoms. The third kappa shape index (κ3) is 1000. The molecule has 24 valence electrons. The quantitative estimate of drug-likeness (QED) is 0.223. The number of Topliss-reactive ketones (excluding diaryl/α,β-unsaturated/α-hetero) is 1. The van der Waals surface area contributed by atoms with E-state index in [0.29, 0.717) is 0 Å². The first kappa shape index (κ1) is 8.93. The van der Waals surface area contributed by atoms with Gasteiger partial charge in [-0.1, -0.05) is 0 Å². The van der Waals surface area contributed by atoms with E-state index in [-0.39, 0.29) is 24.6 Å². The molecule has 0 spiro atoms. The molecule has 0 N–H and O–H groups in total. The van der Waals surface area contributed by atoms with Gasteiger partial charge in [0.05, 0.1) is 0 Å². The van der Waals surface area contributed by atoms with Crippen molar-refractivity contribution in [3.63, 3.8) is 0 Å². The van der Waals surface area contributed by atoms with E-state index in [4.69, 9.17) is 0 Å². The smallest absolute Gasteiger partial charge is 0.340 e. The number of carbonyl (C=O) groups excluding carboxylic acids is 1. The van der Waals surface area contributed by atoms with Gasteiger partial charge in [0.2, 0.25) is 0 Å². The molecule has 0 aliphatic heterocycles. The van der Waals surface area contributed by atoms with Crippen LogP contribution in [0.1, 0.15) is 6.92 Å². The Labute approximate surface area is 43.9 Å². The monoisotopic (exact) mass is 64.1 g/mol. The molecule has 0 saturated carbocycles. The van der Waals surface area contributed by atoms with Crippen molar-refractivity contribution in [1.29, 1.82) is 0 Å². The van der Waals surface area contributed by atoms with Crippen LogP contribution in [0.3, 0.4) is 0 Å². The Balaban J connectivity index is 0. The first-order valence-electron chi connectivity index (χ1n) is 1.06. The summed E-state index contributed by atoms with van der Waals surface area (Å²) in [6, 6.07) is 0. The molecular weight excluding hydrogens is 59.0 g/mol. The molecule has 0 radical (unpaired) electrons. The minimum atomic E-state index is -0.0833. The molecule has 0 amide bonds. The van der Waals surface area contributed by atoms with Crippen molar-refractivity contribution < 1.29 is 23.7 Å². The molecule has 0 atom stereocenters.